The van der Waals surface area contributed by atoms with E-state index in [4.69, 9.17) is 4.74 Å². The van der Waals surface area contributed by atoms with E-state index in [0.29, 0.717) is 6.54 Å². The molecule has 0 aliphatic carbocycles. The number of nitrogens with one attached hydrogen (secondary N) is 1. The average molecular weight is 262 g/mol. The fourth-order valence-electron chi connectivity index (χ4n) is 2.27. The standard InChI is InChI=1S/C15H22N2O2/c1-13(14-6-3-2-4-7-14)19-15(18)12-17-10-5-8-16-9-11-17/h2-4,6-7,13,16H,5,8-12H2,1H3. The van der Waals surface area contributed by atoms with Crippen LogP contribution in [0.3, 0.4) is 0 Å². The van der Waals surface area contributed by atoms with Gasteiger partial charge in [0, 0.05) is 13.1 Å². The molecule has 0 spiro atoms. The van der Waals surface area contributed by atoms with Gasteiger partial charge in [-0.1, -0.05) is 30.3 Å². The van der Waals surface area contributed by atoms with Crippen LogP contribution in [0.4, 0.5) is 0 Å². The molecule has 0 aromatic heterocycles. The third-order valence-electron chi connectivity index (χ3n) is 3.36. The fraction of sp³-hybridized carbons (Fsp3) is 0.533. The summed E-state index contributed by atoms with van der Waals surface area (Å²) in [7, 11) is 0. The van der Waals surface area contributed by atoms with Crippen molar-refractivity contribution in [3.63, 3.8) is 0 Å². The molecule has 0 amide bonds. The van der Waals surface area contributed by atoms with Gasteiger partial charge in [0.2, 0.25) is 0 Å². The van der Waals surface area contributed by atoms with Crippen LogP contribution in [0.25, 0.3) is 0 Å². The highest BCUT2D eigenvalue weighted by Gasteiger charge is 2.16. The smallest absolute Gasteiger partial charge is 0.320 e. The minimum absolute atomic E-state index is 0.141. The molecule has 1 aromatic carbocycles. The molecule has 1 saturated heterocycles. The van der Waals surface area contributed by atoms with Crippen LogP contribution in [0.2, 0.25) is 0 Å². The van der Waals surface area contributed by atoms with E-state index in [1.54, 1.807) is 0 Å². The van der Waals surface area contributed by atoms with Gasteiger partial charge in [0.25, 0.3) is 0 Å². The maximum absolute atomic E-state index is 11.9. The van der Waals surface area contributed by atoms with E-state index in [1.807, 2.05) is 37.3 Å². The monoisotopic (exact) mass is 262 g/mol. The first-order chi connectivity index (χ1) is 9.25. The molecule has 1 aliphatic heterocycles. The Bertz CT molecular complexity index is 386. The van der Waals surface area contributed by atoms with Crippen LogP contribution in [-0.2, 0) is 9.53 Å². The van der Waals surface area contributed by atoms with Crippen molar-refractivity contribution in [2.24, 2.45) is 0 Å². The number of ether oxygens (including phenoxy) is 1. The van der Waals surface area contributed by atoms with Crippen LogP contribution in [0.15, 0.2) is 30.3 Å². The summed E-state index contributed by atoms with van der Waals surface area (Å²) in [6.45, 7) is 6.15. The van der Waals surface area contributed by atoms with Gasteiger partial charge in [0.15, 0.2) is 0 Å². The minimum Gasteiger partial charge on any atom is -0.457 e. The lowest BCUT2D eigenvalue weighted by molar-refractivity contribution is -0.149. The van der Waals surface area contributed by atoms with Crippen LogP contribution >= 0.6 is 0 Å². The Morgan fingerprint density at radius 3 is 2.89 bits per heavy atom. The summed E-state index contributed by atoms with van der Waals surface area (Å²) in [6, 6.07) is 9.84. The highest BCUT2D eigenvalue weighted by Crippen LogP contribution is 2.16. The number of carbonyl (C=O) groups excluding carboxylic acids is 1. The van der Waals surface area contributed by atoms with Gasteiger partial charge < -0.3 is 10.1 Å². The van der Waals surface area contributed by atoms with E-state index >= 15 is 0 Å². The summed E-state index contributed by atoms with van der Waals surface area (Å²) < 4.78 is 5.48. The third-order valence-corrected chi connectivity index (χ3v) is 3.36. The molecule has 0 bridgehead atoms. The van der Waals surface area contributed by atoms with Gasteiger partial charge in [-0.25, -0.2) is 0 Å². The van der Waals surface area contributed by atoms with Gasteiger partial charge in [-0.05, 0) is 32.0 Å². The summed E-state index contributed by atoms with van der Waals surface area (Å²) in [5.41, 5.74) is 1.04. The SMILES string of the molecule is CC(OC(=O)CN1CCCNCC1)c1ccccc1. The van der Waals surface area contributed by atoms with Crippen LogP contribution < -0.4 is 5.32 Å². The molecule has 1 aliphatic rings. The second-order valence-corrected chi connectivity index (χ2v) is 4.92. The molecule has 1 unspecified atom stereocenters. The van der Waals surface area contributed by atoms with E-state index in [0.717, 1.165) is 38.2 Å². The Balaban J connectivity index is 1.80. The Morgan fingerprint density at radius 2 is 2.11 bits per heavy atom. The second-order valence-electron chi connectivity index (χ2n) is 4.92. The largest absolute Gasteiger partial charge is 0.457 e. The van der Waals surface area contributed by atoms with Gasteiger partial charge in [-0.3, -0.25) is 9.69 Å². The van der Waals surface area contributed by atoms with E-state index in [1.165, 1.54) is 0 Å². The lowest BCUT2D eigenvalue weighted by atomic mass is 10.1. The Kier molecular flexibility index (Phi) is 5.36. The van der Waals surface area contributed by atoms with Gasteiger partial charge in [-0.15, -0.1) is 0 Å². The molecule has 19 heavy (non-hydrogen) atoms. The van der Waals surface area contributed by atoms with Crippen molar-refractivity contribution in [2.75, 3.05) is 32.7 Å². The first-order valence-electron chi connectivity index (χ1n) is 6.93. The summed E-state index contributed by atoms with van der Waals surface area (Å²) in [4.78, 5) is 14.1. The van der Waals surface area contributed by atoms with Crippen LogP contribution in [0.5, 0.6) is 0 Å². The normalized spacial score (nSPS) is 18.6. The third kappa shape index (κ3) is 4.65. The summed E-state index contributed by atoms with van der Waals surface area (Å²) in [5, 5.41) is 3.32. The maximum atomic E-state index is 11.9. The second kappa shape index (κ2) is 7.26. The van der Waals surface area contributed by atoms with Crippen molar-refractivity contribution in [2.45, 2.75) is 19.4 Å². The number of carbonyl (C=O) groups is 1. The van der Waals surface area contributed by atoms with Crippen molar-refractivity contribution in [3.05, 3.63) is 35.9 Å². The Hall–Kier alpha value is -1.39. The highest BCUT2D eigenvalue weighted by atomic mass is 16.5. The van der Waals surface area contributed by atoms with Crippen molar-refractivity contribution in [1.29, 1.82) is 0 Å². The van der Waals surface area contributed by atoms with Gasteiger partial charge in [0.1, 0.15) is 6.10 Å². The molecule has 1 fully saturated rings. The number of rotatable bonds is 4. The molecular weight excluding hydrogens is 240 g/mol. The summed E-state index contributed by atoms with van der Waals surface area (Å²) in [6.07, 6.45) is 0.903. The number of benzene rings is 1. The summed E-state index contributed by atoms with van der Waals surface area (Å²) >= 11 is 0. The van der Waals surface area contributed by atoms with E-state index in [9.17, 15) is 4.79 Å². The Labute approximate surface area is 114 Å². The first kappa shape index (κ1) is 14.0. The fourth-order valence-corrected chi connectivity index (χ4v) is 2.27. The molecule has 1 heterocycles. The van der Waals surface area contributed by atoms with E-state index < -0.39 is 0 Å². The zero-order valence-electron chi connectivity index (χ0n) is 11.5. The molecule has 0 saturated carbocycles. The predicted octanol–water partition coefficient (Wildman–Crippen LogP) is 1.59. The molecular formula is C15H22N2O2. The summed E-state index contributed by atoms with van der Waals surface area (Å²) in [5.74, 6) is -0.141. The highest BCUT2D eigenvalue weighted by molar-refractivity contribution is 5.72. The predicted molar refractivity (Wildman–Crippen MR) is 74.9 cm³/mol. The first-order valence-corrected chi connectivity index (χ1v) is 6.93. The molecule has 4 heteroatoms. The van der Waals surface area contributed by atoms with Crippen molar-refractivity contribution in [1.82, 2.24) is 10.2 Å². The molecule has 0 radical (unpaired) electrons. The number of hydrogen-bond acceptors (Lipinski definition) is 4. The maximum Gasteiger partial charge on any atom is 0.320 e. The lowest BCUT2D eigenvalue weighted by Crippen LogP contribution is -2.34. The van der Waals surface area contributed by atoms with E-state index in [2.05, 4.69) is 10.2 Å². The van der Waals surface area contributed by atoms with Crippen LogP contribution in [-0.4, -0.2) is 43.6 Å². The van der Waals surface area contributed by atoms with Gasteiger partial charge in [0.05, 0.1) is 6.54 Å². The number of esters is 1. The Morgan fingerprint density at radius 1 is 1.32 bits per heavy atom. The van der Waals surface area contributed by atoms with Crippen LogP contribution in [0.1, 0.15) is 25.0 Å². The number of hydrogen-bond donors (Lipinski definition) is 1. The lowest BCUT2D eigenvalue weighted by Gasteiger charge is -2.20. The van der Waals surface area contributed by atoms with Gasteiger partial charge in [-0.2, -0.15) is 0 Å². The van der Waals surface area contributed by atoms with Crippen molar-refractivity contribution >= 4 is 5.97 Å². The zero-order valence-corrected chi connectivity index (χ0v) is 11.5. The number of nitrogens with zero attached hydrogens (tertiary/aromatic N) is 1. The van der Waals surface area contributed by atoms with Crippen molar-refractivity contribution in [3.8, 4) is 0 Å². The average Bonchev–Trinajstić information content (AvgIpc) is 2.68. The van der Waals surface area contributed by atoms with E-state index in [-0.39, 0.29) is 12.1 Å². The quantitative estimate of drug-likeness (QED) is 0.837. The molecule has 1 atom stereocenters. The molecule has 1 aromatic rings. The molecule has 1 N–H and O–H groups in total. The molecule has 104 valence electrons. The zero-order chi connectivity index (χ0) is 13.5. The van der Waals surface area contributed by atoms with Crippen LogP contribution in [0, 0.1) is 0 Å². The molecule has 4 nitrogen and oxygen atoms in total. The minimum atomic E-state index is -0.182. The van der Waals surface area contributed by atoms with Crippen molar-refractivity contribution < 1.29 is 9.53 Å². The molecule has 2 rings (SSSR count). The van der Waals surface area contributed by atoms with Gasteiger partial charge >= 0.3 is 5.97 Å². The topological polar surface area (TPSA) is 41.6 Å².